The number of fused-ring (bicyclic) bond motifs is 1. The Kier molecular flexibility index (Phi) is 6.60. The van der Waals surface area contributed by atoms with Crippen LogP contribution in [0.2, 0.25) is 0 Å². The van der Waals surface area contributed by atoms with E-state index in [0.717, 1.165) is 35.0 Å². The molecule has 0 radical (unpaired) electrons. The van der Waals surface area contributed by atoms with Crippen LogP contribution < -0.4 is 16.1 Å². The molecule has 2 aromatic carbocycles. The van der Waals surface area contributed by atoms with E-state index in [4.69, 9.17) is 4.74 Å². The Morgan fingerprint density at radius 1 is 1.09 bits per heavy atom. The number of carbonyl (C=O) groups excluding carboxylic acids is 4. The molecule has 1 heterocycles. The molecule has 1 saturated carbocycles. The third kappa shape index (κ3) is 4.54. The molecule has 9 heteroatoms. The summed E-state index contributed by atoms with van der Waals surface area (Å²) in [5.74, 6) is -1.56. The Bertz CT molecular complexity index is 1070. The number of nitrogens with one attached hydrogen (secondary N) is 3. The monoisotopic (exact) mass is 452 g/mol. The Morgan fingerprint density at radius 3 is 2.58 bits per heavy atom. The maximum absolute atomic E-state index is 12.9. The molecule has 1 spiro atoms. The maximum Gasteiger partial charge on any atom is 0.344 e. The Labute approximate surface area is 191 Å². The highest BCUT2D eigenvalue weighted by molar-refractivity contribution is 6.08. The van der Waals surface area contributed by atoms with Crippen LogP contribution in [0.4, 0.5) is 4.79 Å². The summed E-state index contributed by atoms with van der Waals surface area (Å²) >= 11 is 0. The third-order valence-corrected chi connectivity index (χ3v) is 6.23. The average Bonchev–Trinajstić information content (AvgIpc) is 3.03. The summed E-state index contributed by atoms with van der Waals surface area (Å²) in [5, 5.41) is 8.25. The molecule has 1 atom stereocenters. The van der Waals surface area contributed by atoms with Crippen molar-refractivity contribution >= 4 is 34.6 Å². The lowest BCUT2D eigenvalue weighted by atomic mass is 9.82. The van der Waals surface area contributed by atoms with Gasteiger partial charge in [0.2, 0.25) is 0 Å². The molecule has 1 saturated heterocycles. The molecule has 33 heavy (non-hydrogen) atoms. The molecule has 2 aromatic rings. The molecule has 9 nitrogen and oxygen atoms in total. The second-order valence-corrected chi connectivity index (χ2v) is 8.38. The smallest absolute Gasteiger partial charge is 0.344 e. The van der Waals surface area contributed by atoms with Crippen LogP contribution >= 0.6 is 0 Å². The van der Waals surface area contributed by atoms with Crippen LogP contribution in [0.15, 0.2) is 42.5 Å². The topological polar surface area (TPSA) is 117 Å². The lowest BCUT2D eigenvalue weighted by molar-refractivity contribution is -0.146. The zero-order valence-corrected chi connectivity index (χ0v) is 18.6. The van der Waals surface area contributed by atoms with E-state index in [1.807, 2.05) is 36.4 Å². The van der Waals surface area contributed by atoms with E-state index < -0.39 is 35.4 Å². The van der Waals surface area contributed by atoms with Crippen LogP contribution in [-0.2, 0) is 19.1 Å². The summed E-state index contributed by atoms with van der Waals surface area (Å²) < 4.78 is 5.22. The number of hydrogen-bond acceptors (Lipinski definition) is 6. The van der Waals surface area contributed by atoms with Crippen molar-refractivity contribution in [2.75, 3.05) is 13.2 Å². The number of ether oxygens (including phenoxy) is 1. The zero-order chi connectivity index (χ0) is 23.4. The molecule has 174 valence electrons. The highest BCUT2D eigenvalue weighted by Gasteiger charge is 2.52. The van der Waals surface area contributed by atoms with Crippen molar-refractivity contribution in [1.29, 1.82) is 0 Å². The zero-order valence-electron chi connectivity index (χ0n) is 18.6. The second kappa shape index (κ2) is 9.58. The van der Waals surface area contributed by atoms with Crippen molar-refractivity contribution in [1.82, 2.24) is 21.1 Å². The first-order valence-corrected chi connectivity index (χ1v) is 11.3. The third-order valence-electron chi connectivity index (χ3n) is 6.23. The van der Waals surface area contributed by atoms with Crippen LogP contribution in [0, 0.1) is 0 Å². The fourth-order valence-electron chi connectivity index (χ4n) is 4.62. The largest absolute Gasteiger partial charge is 0.465 e. The van der Waals surface area contributed by atoms with E-state index in [1.165, 1.54) is 0 Å². The Hall–Kier alpha value is -3.46. The molecule has 2 aliphatic rings. The fraction of sp³-hybridized carbons (Fsp3) is 0.417. The highest BCUT2D eigenvalue weighted by atomic mass is 16.5. The molecule has 4 rings (SSSR count). The lowest BCUT2D eigenvalue weighted by Gasteiger charge is -2.30. The van der Waals surface area contributed by atoms with Crippen molar-refractivity contribution in [3.63, 3.8) is 0 Å². The minimum Gasteiger partial charge on any atom is -0.465 e. The van der Waals surface area contributed by atoms with Gasteiger partial charge in [0.05, 0.1) is 13.2 Å². The van der Waals surface area contributed by atoms with Gasteiger partial charge in [-0.1, -0.05) is 61.7 Å². The highest BCUT2D eigenvalue weighted by Crippen LogP contribution is 2.33. The number of imide groups is 1. The van der Waals surface area contributed by atoms with Gasteiger partial charge in [-0.05, 0) is 36.1 Å². The molecular weight excluding hydrogens is 424 g/mol. The molecule has 3 N–H and O–H groups in total. The molecular formula is C24H28N4O5. The van der Waals surface area contributed by atoms with Crippen LogP contribution in [0.1, 0.15) is 50.6 Å². The van der Waals surface area contributed by atoms with E-state index in [-0.39, 0.29) is 13.2 Å². The number of nitrogens with zero attached hydrogens (tertiary/aromatic N) is 1. The lowest BCUT2D eigenvalue weighted by Crippen LogP contribution is -2.52. The van der Waals surface area contributed by atoms with E-state index in [9.17, 15) is 19.2 Å². The van der Waals surface area contributed by atoms with Gasteiger partial charge < -0.3 is 10.1 Å². The van der Waals surface area contributed by atoms with Gasteiger partial charge in [-0.3, -0.25) is 20.3 Å². The molecule has 1 aliphatic heterocycles. The van der Waals surface area contributed by atoms with Gasteiger partial charge in [0.15, 0.2) is 0 Å². The number of urea groups is 1. The number of hydrogen-bond donors (Lipinski definition) is 3. The summed E-state index contributed by atoms with van der Waals surface area (Å²) in [6.45, 7) is 1.61. The van der Waals surface area contributed by atoms with Gasteiger partial charge >= 0.3 is 12.0 Å². The molecule has 2 fully saturated rings. The van der Waals surface area contributed by atoms with Crippen LogP contribution in [-0.4, -0.2) is 47.5 Å². The van der Waals surface area contributed by atoms with Gasteiger partial charge in [0, 0.05) is 0 Å². The van der Waals surface area contributed by atoms with E-state index in [2.05, 4.69) is 16.1 Å². The summed E-state index contributed by atoms with van der Waals surface area (Å²) in [5.41, 5.74) is 2.14. The van der Waals surface area contributed by atoms with Crippen molar-refractivity contribution in [2.45, 2.75) is 50.6 Å². The Balaban J connectivity index is 1.47. The minimum absolute atomic E-state index is 0.193. The first kappa shape index (κ1) is 22.7. The minimum atomic E-state index is -0.924. The van der Waals surface area contributed by atoms with Crippen molar-refractivity contribution in [3.05, 3.63) is 48.0 Å². The number of esters is 1. The maximum atomic E-state index is 12.9. The molecule has 1 aliphatic carbocycles. The van der Waals surface area contributed by atoms with Crippen LogP contribution in [0.5, 0.6) is 0 Å². The fourth-order valence-corrected chi connectivity index (χ4v) is 4.62. The second-order valence-electron chi connectivity index (χ2n) is 8.38. The number of carbonyl (C=O) groups is 4. The molecule has 0 aromatic heterocycles. The van der Waals surface area contributed by atoms with Gasteiger partial charge in [-0.15, -0.1) is 0 Å². The Morgan fingerprint density at radius 2 is 1.82 bits per heavy atom. The summed E-state index contributed by atoms with van der Waals surface area (Å²) in [4.78, 5) is 50.6. The van der Waals surface area contributed by atoms with Crippen molar-refractivity contribution in [3.8, 4) is 0 Å². The molecule has 4 amide bonds. The van der Waals surface area contributed by atoms with Gasteiger partial charge in [0.1, 0.15) is 11.6 Å². The van der Waals surface area contributed by atoms with Crippen molar-refractivity contribution < 1.29 is 23.9 Å². The van der Waals surface area contributed by atoms with Crippen LogP contribution in [0.3, 0.4) is 0 Å². The SMILES string of the molecule is CCOC(=O)C(NCC(=O)NN1C(=O)NC2(CCCCC2)C1=O)c1cccc2ccccc12. The standard InChI is InChI=1S/C24H28N4O5/c1-2-33-21(30)20(18-12-8-10-16-9-4-5-11-17(16)18)25-15-19(29)27-28-22(31)24(26-23(28)32)13-6-3-7-14-24/h4-5,8-12,20,25H,2-3,6-7,13-15H2,1H3,(H,26,32)(H,27,29). The average molecular weight is 453 g/mol. The molecule has 1 unspecified atom stereocenters. The van der Waals surface area contributed by atoms with Crippen LogP contribution in [0.25, 0.3) is 10.8 Å². The summed E-state index contributed by atoms with van der Waals surface area (Å²) in [7, 11) is 0. The number of hydrazine groups is 1. The predicted molar refractivity (Wildman–Crippen MR) is 121 cm³/mol. The van der Waals surface area contributed by atoms with Gasteiger partial charge in [0.25, 0.3) is 11.8 Å². The van der Waals surface area contributed by atoms with Gasteiger partial charge in [-0.2, -0.15) is 5.01 Å². The van der Waals surface area contributed by atoms with Crippen molar-refractivity contribution in [2.24, 2.45) is 0 Å². The predicted octanol–water partition coefficient (Wildman–Crippen LogP) is 2.32. The molecule has 0 bridgehead atoms. The first-order valence-electron chi connectivity index (χ1n) is 11.3. The summed E-state index contributed by atoms with van der Waals surface area (Å²) in [6.07, 6.45) is 3.84. The normalized spacial score (nSPS) is 18.3. The quantitative estimate of drug-likeness (QED) is 0.439. The van der Waals surface area contributed by atoms with Gasteiger partial charge in [-0.25, -0.2) is 9.59 Å². The number of amides is 4. The summed E-state index contributed by atoms with van der Waals surface area (Å²) in [6, 6.07) is 11.7. The van der Waals surface area contributed by atoms with E-state index in [1.54, 1.807) is 13.0 Å². The first-order chi connectivity index (χ1) is 15.9. The van der Waals surface area contributed by atoms with E-state index in [0.29, 0.717) is 18.4 Å². The number of benzene rings is 2. The number of rotatable bonds is 7. The van der Waals surface area contributed by atoms with E-state index >= 15 is 0 Å².